The Hall–Kier alpha value is -4.26. The van der Waals surface area contributed by atoms with Crippen LogP contribution in [0, 0.1) is 6.92 Å². The van der Waals surface area contributed by atoms with E-state index in [1.807, 2.05) is 37.3 Å². The molecule has 0 atom stereocenters. The van der Waals surface area contributed by atoms with Gasteiger partial charge in [-0.2, -0.15) is 9.78 Å². The molecule has 7 heteroatoms. The Kier molecular flexibility index (Phi) is 5.57. The van der Waals surface area contributed by atoms with Gasteiger partial charge < -0.3 is 0 Å². The van der Waals surface area contributed by atoms with Gasteiger partial charge in [-0.15, -0.1) is 0 Å². The van der Waals surface area contributed by atoms with Crippen LogP contribution >= 0.6 is 0 Å². The standard InChI is InChI=1S/C24H20N4O3/c1-16-11-13-17(14-12-16)15-21(29)25-26-23(30)22-19-9-5-6-10-20(19)24(31)28(27-22)18-7-3-2-4-8-18/h2-14H,15H2,1H3,(H,25,29)(H,26,30). The first-order valence-electron chi connectivity index (χ1n) is 9.75. The van der Waals surface area contributed by atoms with E-state index in [2.05, 4.69) is 16.0 Å². The zero-order valence-corrected chi connectivity index (χ0v) is 16.8. The number of hydrogen-bond donors (Lipinski definition) is 2. The second-order valence-electron chi connectivity index (χ2n) is 7.11. The summed E-state index contributed by atoms with van der Waals surface area (Å²) in [5.41, 5.74) is 7.00. The third-order valence-corrected chi connectivity index (χ3v) is 4.82. The Bertz CT molecular complexity index is 1310. The lowest BCUT2D eigenvalue weighted by molar-refractivity contribution is -0.121. The third-order valence-electron chi connectivity index (χ3n) is 4.82. The zero-order chi connectivity index (χ0) is 21.8. The molecule has 0 aliphatic rings. The average Bonchev–Trinajstić information content (AvgIpc) is 2.80. The number of carbonyl (C=O) groups is 2. The highest BCUT2D eigenvalue weighted by molar-refractivity contribution is 6.05. The van der Waals surface area contributed by atoms with Crippen LogP contribution in [-0.4, -0.2) is 21.6 Å². The number of amides is 2. The molecule has 154 valence electrons. The topological polar surface area (TPSA) is 93.1 Å². The van der Waals surface area contributed by atoms with Gasteiger partial charge in [0, 0.05) is 5.39 Å². The van der Waals surface area contributed by atoms with Crippen LogP contribution in [0.2, 0.25) is 0 Å². The summed E-state index contributed by atoms with van der Waals surface area (Å²) in [7, 11) is 0. The molecule has 3 aromatic carbocycles. The number of nitrogens with one attached hydrogen (secondary N) is 2. The zero-order valence-electron chi connectivity index (χ0n) is 16.8. The Morgan fingerprint density at radius 2 is 1.48 bits per heavy atom. The van der Waals surface area contributed by atoms with E-state index >= 15 is 0 Å². The van der Waals surface area contributed by atoms with Crippen LogP contribution in [0.1, 0.15) is 21.6 Å². The summed E-state index contributed by atoms with van der Waals surface area (Å²) < 4.78 is 1.19. The van der Waals surface area contributed by atoms with Crippen molar-refractivity contribution in [2.75, 3.05) is 0 Å². The van der Waals surface area contributed by atoms with Crippen molar-refractivity contribution in [1.29, 1.82) is 0 Å². The number of hydrogen-bond acceptors (Lipinski definition) is 4. The molecule has 0 saturated carbocycles. The summed E-state index contributed by atoms with van der Waals surface area (Å²) >= 11 is 0. The van der Waals surface area contributed by atoms with Gasteiger partial charge in [0.05, 0.1) is 17.5 Å². The largest absolute Gasteiger partial charge is 0.290 e. The SMILES string of the molecule is Cc1ccc(CC(=O)NNC(=O)c2nn(-c3ccccc3)c(=O)c3ccccc23)cc1. The number of aromatic nitrogens is 2. The lowest BCUT2D eigenvalue weighted by Crippen LogP contribution is -2.43. The normalized spacial score (nSPS) is 10.6. The number of fused-ring (bicyclic) bond motifs is 1. The smallest absolute Gasteiger partial charge is 0.273 e. The van der Waals surface area contributed by atoms with Crippen molar-refractivity contribution >= 4 is 22.6 Å². The molecule has 4 rings (SSSR count). The maximum absolute atomic E-state index is 12.9. The fourth-order valence-corrected chi connectivity index (χ4v) is 3.22. The molecule has 2 amide bonds. The molecule has 0 saturated heterocycles. The van der Waals surface area contributed by atoms with Gasteiger partial charge in [-0.25, -0.2) is 0 Å². The van der Waals surface area contributed by atoms with Gasteiger partial charge >= 0.3 is 0 Å². The molecule has 0 spiro atoms. The van der Waals surface area contributed by atoms with Crippen molar-refractivity contribution in [1.82, 2.24) is 20.6 Å². The number of hydrazine groups is 1. The second-order valence-corrected chi connectivity index (χ2v) is 7.11. The first-order valence-corrected chi connectivity index (χ1v) is 9.75. The molecular weight excluding hydrogens is 392 g/mol. The Labute approximate surface area is 178 Å². The summed E-state index contributed by atoms with van der Waals surface area (Å²) in [6.07, 6.45) is 0.123. The molecule has 2 N–H and O–H groups in total. The van der Waals surface area contributed by atoms with Gasteiger partial charge in [-0.1, -0.05) is 66.2 Å². The molecule has 7 nitrogen and oxygen atoms in total. The molecule has 0 radical (unpaired) electrons. The van der Waals surface area contributed by atoms with Crippen LogP contribution in [0.15, 0.2) is 83.7 Å². The van der Waals surface area contributed by atoms with E-state index in [4.69, 9.17) is 0 Å². The highest BCUT2D eigenvalue weighted by Gasteiger charge is 2.18. The summed E-state index contributed by atoms with van der Waals surface area (Å²) in [6.45, 7) is 1.97. The number of carbonyl (C=O) groups excluding carboxylic acids is 2. The van der Waals surface area contributed by atoms with Crippen molar-refractivity contribution < 1.29 is 9.59 Å². The maximum Gasteiger partial charge on any atom is 0.290 e. The number of benzene rings is 3. The van der Waals surface area contributed by atoms with E-state index in [0.29, 0.717) is 16.5 Å². The minimum Gasteiger partial charge on any atom is -0.273 e. The Morgan fingerprint density at radius 1 is 0.839 bits per heavy atom. The highest BCUT2D eigenvalue weighted by atomic mass is 16.2. The number of rotatable bonds is 4. The molecular formula is C24H20N4O3. The van der Waals surface area contributed by atoms with Crippen LogP contribution in [-0.2, 0) is 11.2 Å². The van der Waals surface area contributed by atoms with Gasteiger partial charge in [-0.05, 0) is 30.7 Å². The van der Waals surface area contributed by atoms with E-state index in [9.17, 15) is 14.4 Å². The first-order chi connectivity index (χ1) is 15.0. The summed E-state index contributed by atoms with van der Waals surface area (Å²) in [5, 5.41) is 5.05. The molecule has 1 heterocycles. The van der Waals surface area contributed by atoms with Crippen molar-refractivity contribution in [2.24, 2.45) is 0 Å². The van der Waals surface area contributed by atoms with Gasteiger partial charge in [0.2, 0.25) is 5.91 Å². The molecule has 0 aliphatic carbocycles. The van der Waals surface area contributed by atoms with E-state index in [1.165, 1.54) is 4.68 Å². The predicted octanol–water partition coefficient (Wildman–Crippen LogP) is 2.70. The number of aryl methyl sites for hydroxylation is 1. The van der Waals surface area contributed by atoms with E-state index in [-0.39, 0.29) is 23.6 Å². The van der Waals surface area contributed by atoms with Crippen LogP contribution < -0.4 is 16.4 Å². The highest BCUT2D eigenvalue weighted by Crippen LogP contribution is 2.15. The van der Waals surface area contributed by atoms with Crippen molar-refractivity contribution in [3.63, 3.8) is 0 Å². The van der Waals surface area contributed by atoms with Crippen LogP contribution in [0.3, 0.4) is 0 Å². The minimum atomic E-state index is -0.613. The van der Waals surface area contributed by atoms with E-state index < -0.39 is 5.91 Å². The maximum atomic E-state index is 12.9. The first kappa shape index (κ1) is 20.0. The summed E-state index contributed by atoms with van der Waals surface area (Å²) in [5.74, 6) is -0.976. The summed E-state index contributed by atoms with van der Waals surface area (Å²) in [6, 6.07) is 23.2. The third kappa shape index (κ3) is 4.35. The molecule has 4 aromatic rings. The predicted molar refractivity (Wildman–Crippen MR) is 118 cm³/mol. The monoisotopic (exact) mass is 412 g/mol. The lowest BCUT2D eigenvalue weighted by Gasteiger charge is -2.12. The van der Waals surface area contributed by atoms with Crippen molar-refractivity contribution in [3.8, 4) is 5.69 Å². The van der Waals surface area contributed by atoms with Crippen molar-refractivity contribution in [2.45, 2.75) is 13.3 Å². The van der Waals surface area contributed by atoms with Gasteiger partial charge in [-0.3, -0.25) is 25.2 Å². The molecule has 0 fully saturated rings. The molecule has 1 aromatic heterocycles. The second kappa shape index (κ2) is 8.62. The van der Waals surface area contributed by atoms with E-state index in [0.717, 1.165) is 11.1 Å². The van der Waals surface area contributed by atoms with Crippen LogP contribution in [0.25, 0.3) is 16.5 Å². The minimum absolute atomic E-state index is 0.0367. The molecule has 0 bridgehead atoms. The van der Waals surface area contributed by atoms with Gasteiger partial charge in [0.1, 0.15) is 0 Å². The fourth-order valence-electron chi connectivity index (χ4n) is 3.22. The summed E-state index contributed by atoms with van der Waals surface area (Å²) in [4.78, 5) is 38.0. The Morgan fingerprint density at radius 3 is 2.19 bits per heavy atom. The lowest BCUT2D eigenvalue weighted by atomic mass is 10.1. The van der Waals surface area contributed by atoms with Crippen LogP contribution in [0.4, 0.5) is 0 Å². The average molecular weight is 412 g/mol. The van der Waals surface area contributed by atoms with Crippen molar-refractivity contribution in [3.05, 3.63) is 106 Å². The van der Waals surface area contributed by atoms with E-state index in [1.54, 1.807) is 48.5 Å². The molecule has 0 aliphatic heterocycles. The number of nitrogens with zero attached hydrogens (tertiary/aromatic N) is 2. The fraction of sp³-hybridized carbons (Fsp3) is 0.0833. The molecule has 0 unspecified atom stereocenters. The quantitative estimate of drug-likeness (QED) is 0.504. The van der Waals surface area contributed by atoms with Gasteiger partial charge in [0.25, 0.3) is 11.5 Å². The molecule has 31 heavy (non-hydrogen) atoms. The van der Waals surface area contributed by atoms with Crippen LogP contribution in [0.5, 0.6) is 0 Å². The Balaban J connectivity index is 1.60. The van der Waals surface area contributed by atoms with Gasteiger partial charge in [0.15, 0.2) is 5.69 Å². The number of para-hydroxylation sites is 1.